The molecule has 0 aliphatic rings. The van der Waals surface area contributed by atoms with Crippen LogP contribution in [0, 0.1) is 0 Å². The van der Waals surface area contributed by atoms with E-state index in [0.717, 1.165) is 30.9 Å². The SMILES string of the molecule is CNCCCNc1ccc(OC)cc1Cl. The lowest BCUT2D eigenvalue weighted by Crippen LogP contribution is -2.12. The second-order valence-corrected chi connectivity index (χ2v) is 3.64. The topological polar surface area (TPSA) is 33.3 Å². The number of benzene rings is 1. The summed E-state index contributed by atoms with van der Waals surface area (Å²) in [5.74, 6) is 0.778. The Hall–Kier alpha value is -0.930. The Balaban J connectivity index is 2.47. The van der Waals surface area contributed by atoms with Gasteiger partial charge in [-0.05, 0) is 32.1 Å². The lowest BCUT2D eigenvalue weighted by molar-refractivity contribution is 0.415. The molecular weight excluding hydrogens is 212 g/mol. The number of methoxy groups -OCH3 is 1. The van der Waals surface area contributed by atoms with Gasteiger partial charge in [0, 0.05) is 12.6 Å². The highest BCUT2D eigenvalue weighted by atomic mass is 35.5. The van der Waals surface area contributed by atoms with Crippen molar-refractivity contribution in [2.75, 3.05) is 32.6 Å². The van der Waals surface area contributed by atoms with Gasteiger partial charge in [-0.15, -0.1) is 0 Å². The molecule has 0 fully saturated rings. The highest BCUT2D eigenvalue weighted by molar-refractivity contribution is 6.33. The zero-order chi connectivity index (χ0) is 11.1. The molecule has 1 rings (SSSR count). The van der Waals surface area contributed by atoms with Crippen LogP contribution in [0.25, 0.3) is 0 Å². The van der Waals surface area contributed by atoms with Crippen molar-refractivity contribution in [3.63, 3.8) is 0 Å². The first kappa shape index (κ1) is 12.1. The van der Waals surface area contributed by atoms with E-state index in [2.05, 4.69) is 10.6 Å². The predicted octanol–water partition coefficient (Wildman–Crippen LogP) is 2.37. The highest BCUT2D eigenvalue weighted by Crippen LogP contribution is 2.26. The van der Waals surface area contributed by atoms with Crippen LogP contribution in [0.15, 0.2) is 18.2 Å². The zero-order valence-electron chi connectivity index (χ0n) is 9.14. The normalized spacial score (nSPS) is 10.1. The molecule has 0 heterocycles. The van der Waals surface area contributed by atoms with Crippen molar-refractivity contribution in [1.29, 1.82) is 0 Å². The predicted molar refractivity (Wildman–Crippen MR) is 65.0 cm³/mol. The third-order valence-corrected chi connectivity index (χ3v) is 2.41. The highest BCUT2D eigenvalue weighted by Gasteiger charge is 2.00. The number of nitrogens with one attached hydrogen (secondary N) is 2. The number of rotatable bonds is 6. The summed E-state index contributed by atoms with van der Waals surface area (Å²) >= 11 is 6.06. The van der Waals surface area contributed by atoms with Gasteiger partial charge in [-0.1, -0.05) is 11.6 Å². The monoisotopic (exact) mass is 228 g/mol. The van der Waals surface area contributed by atoms with Crippen molar-refractivity contribution in [2.24, 2.45) is 0 Å². The Kier molecular flexibility index (Phi) is 5.29. The van der Waals surface area contributed by atoms with E-state index >= 15 is 0 Å². The quantitative estimate of drug-likeness (QED) is 0.734. The van der Waals surface area contributed by atoms with Crippen molar-refractivity contribution < 1.29 is 4.74 Å². The average molecular weight is 229 g/mol. The molecule has 0 unspecified atom stereocenters. The maximum atomic E-state index is 6.06. The molecule has 0 radical (unpaired) electrons. The molecule has 0 amide bonds. The number of hydrogen-bond donors (Lipinski definition) is 2. The first-order valence-electron chi connectivity index (χ1n) is 5.00. The molecule has 2 N–H and O–H groups in total. The van der Waals surface area contributed by atoms with Crippen molar-refractivity contribution in [3.8, 4) is 5.75 Å². The van der Waals surface area contributed by atoms with Crippen LogP contribution >= 0.6 is 11.6 Å². The Morgan fingerprint density at radius 2 is 2.13 bits per heavy atom. The summed E-state index contributed by atoms with van der Waals surface area (Å²) in [6.07, 6.45) is 1.07. The fraction of sp³-hybridized carbons (Fsp3) is 0.455. The third kappa shape index (κ3) is 3.98. The molecule has 15 heavy (non-hydrogen) atoms. The van der Waals surface area contributed by atoms with Crippen LogP contribution < -0.4 is 15.4 Å². The van der Waals surface area contributed by atoms with Crippen LogP contribution in [0.4, 0.5) is 5.69 Å². The van der Waals surface area contributed by atoms with Gasteiger partial charge in [-0.25, -0.2) is 0 Å². The van der Waals surface area contributed by atoms with Gasteiger partial charge in [0.1, 0.15) is 5.75 Å². The maximum absolute atomic E-state index is 6.06. The molecule has 0 aliphatic carbocycles. The molecule has 3 nitrogen and oxygen atoms in total. The summed E-state index contributed by atoms with van der Waals surface area (Å²) in [6.45, 7) is 1.91. The average Bonchev–Trinajstić information content (AvgIpc) is 2.26. The van der Waals surface area contributed by atoms with Gasteiger partial charge in [0.05, 0.1) is 17.8 Å². The molecular formula is C11H17ClN2O. The molecule has 1 aromatic carbocycles. The summed E-state index contributed by atoms with van der Waals surface area (Å²) in [5, 5.41) is 7.06. The van der Waals surface area contributed by atoms with Gasteiger partial charge in [0.25, 0.3) is 0 Å². The molecule has 0 atom stereocenters. The van der Waals surface area contributed by atoms with Crippen LogP contribution in [0.3, 0.4) is 0 Å². The van der Waals surface area contributed by atoms with Crippen molar-refractivity contribution in [2.45, 2.75) is 6.42 Å². The smallest absolute Gasteiger partial charge is 0.120 e. The summed E-state index contributed by atoms with van der Waals surface area (Å²) < 4.78 is 5.07. The van der Waals surface area contributed by atoms with E-state index < -0.39 is 0 Å². The summed E-state index contributed by atoms with van der Waals surface area (Å²) in [5.41, 5.74) is 0.952. The van der Waals surface area contributed by atoms with Crippen molar-refractivity contribution in [1.82, 2.24) is 5.32 Å². The minimum atomic E-state index is 0.693. The van der Waals surface area contributed by atoms with Crippen LogP contribution in [0.2, 0.25) is 5.02 Å². The second kappa shape index (κ2) is 6.53. The molecule has 0 aromatic heterocycles. The van der Waals surface area contributed by atoms with Crippen LogP contribution in [-0.2, 0) is 0 Å². The van der Waals surface area contributed by atoms with Gasteiger partial charge in [0.2, 0.25) is 0 Å². The number of ether oxygens (including phenoxy) is 1. The van der Waals surface area contributed by atoms with Gasteiger partial charge in [-0.3, -0.25) is 0 Å². The summed E-state index contributed by atoms with van der Waals surface area (Å²) in [6, 6.07) is 5.63. The molecule has 0 saturated carbocycles. The first-order valence-corrected chi connectivity index (χ1v) is 5.37. The second-order valence-electron chi connectivity index (χ2n) is 3.23. The number of hydrogen-bond acceptors (Lipinski definition) is 3. The van der Waals surface area contributed by atoms with Gasteiger partial charge in [-0.2, -0.15) is 0 Å². The van der Waals surface area contributed by atoms with Gasteiger partial charge < -0.3 is 15.4 Å². The van der Waals surface area contributed by atoms with Gasteiger partial charge in [0.15, 0.2) is 0 Å². The van der Waals surface area contributed by atoms with E-state index in [0.29, 0.717) is 5.02 Å². The molecule has 0 bridgehead atoms. The van der Waals surface area contributed by atoms with Gasteiger partial charge >= 0.3 is 0 Å². The Morgan fingerprint density at radius 1 is 1.33 bits per heavy atom. The van der Waals surface area contributed by atoms with E-state index in [9.17, 15) is 0 Å². The van der Waals surface area contributed by atoms with Crippen molar-refractivity contribution >= 4 is 17.3 Å². The Morgan fingerprint density at radius 3 is 2.73 bits per heavy atom. The van der Waals surface area contributed by atoms with E-state index in [1.54, 1.807) is 7.11 Å². The summed E-state index contributed by atoms with van der Waals surface area (Å²) in [7, 11) is 3.58. The third-order valence-electron chi connectivity index (χ3n) is 2.10. The van der Waals surface area contributed by atoms with E-state index in [1.807, 2.05) is 25.2 Å². The first-order chi connectivity index (χ1) is 7.27. The molecule has 0 spiro atoms. The van der Waals surface area contributed by atoms with Crippen LogP contribution in [0.1, 0.15) is 6.42 Å². The minimum absolute atomic E-state index is 0.693. The molecule has 84 valence electrons. The molecule has 0 saturated heterocycles. The molecule has 0 aliphatic heterocycles. The van der Waals surface area contributed by atoms with E-state index in [-0.39, 0.29) is 0 Å². The van der Waals surface area contributed by atoms with E-state index in [1.165, 1.54) is 0 Å². The fourth-order valence-electron chi connectivity index (χ4n) is 1.25. The van der Waals surface area contributed by atoms with Crippen LogP contribution in [-0.4, -0.2) is 27.2 Å². The Bertz CT molecular complexity index is 305. The molecule has 1 aromatic rings. The lowest BCUT2D eigenvalue weighted by atomic mass is 10.3. The number of halogens is 1. The van der Waals surface area contributed by atoms with Crippen LogP contribution in [0.5, 0.6) is 5.75 Å². The standard InChI is InChI=1S/C11H17ClN2O/c1-13-6-3-7-14-11-5-4-9(15-2)8-10(11)12/h4-5,8,13-14H,3,6-7H2,1-2H3. The molecule has 4 heteroatoms. The lowest BCUT2D eigenvalue weighted by Gasteiger charge is -2.09. The largest absolute Gasteiger partial charge is 0.497 e. The fourth-order valence-corrected chi connectivity index (χ4v) is 1.49. The van der Waals surface area contributed by atoms with Crippen molar-refractivity contribution in [3.05, 3.63) is 23.2 Å². The zero-order valence-corrected chi connectivity index (χ0v) is 9.90. The summed E-state index contributed by atoms with van der Waals surface area (Å²) in [4.78, 5) is 0. The Labute approximate surface area is 95.8 Å². The number of anilines is 1. The minimum Gasteiger partial charge on any atom is -0.497 e. The van der Waals surface area contributed by atoms with E-state index in [4.69, 9.17) is 16.3 Å². The maximum Gasteiger partial charge on any atom is 0.120 e.